The molecule has 6 heteroatoms. The lowest BCUT2D eigenvalue weighted by Crippen LogP contribution is -2.33. The molecule has 2 fully saturated rings. The Labute approximate surface area is 166 Å². The summed E-state index contributed by atoms with van der Waals surface area (Å²) in [6.07, 6.45) is 7.61. The Morgan fingerprint density at radius 2 is 2.36 bits per heavy atom. The van der Waals surface area contributed by atoms with Crippen molar-refractivity contribution >= 4 is 34.1 Å². The number of ketones is 1. The number of hydrogen-bond acceptors (Lipinski definition) is 4. The lowest BCUT2D eigenvalue weighted by Gasteiger charge is -2.28. The SMILES string of the molecule is Cc1csc2c1[C@]13C[C@H]1CN(C(=O)CCc1c[nH]c4ncccc14)C3=CC2=O. The van der Waals surface area contributed by atoms with Crippen molar-refractivity contribution < 1.29 is 9.59 Å². The topological polar surface area (TPSA) is 66.1 Å². The number of piperidine rings is 1. The van der Waals surface area contributed by atoms with Gasteiger partial charge in [0.2, 0.25) is 5.91 Å². The van der Waals surface area contributed by atoms with Gasteiger partial charge in [-0.15, -0.1) is 11.3 Å². The summed E-state index contributed by atoms with van der Waals surface area (Å²) in [6, 6.07) is 3.94. The van der Waals surface area contributed by atoms with Crippen molar-refractivity contribution in [2.24, 2.45) is 5.92 Å². The Bertz CT molecular complexity index is 1200. The zero-order chi connectivity index (χ0) is 19.0. The Kier molecular flexibility index (Phi) is 3.14. The molecule has 1 spiro atoms. The van der Waals surface area contributed by atoms with E-state index in [0.717, 1.165) is 40.1 Å². The molecule has 3 aliphatic rings. The second-order valence-electron chi connectivity index (χ2n) is 8.11. The first-order valence-electron chi connectivity index (χ1n) is 9.66. The van der Waals surface area contributed by atoms with Crippen molar-refractivity contribution in [1.82, 2.24) is 14.9 Å². The van der Waals surface area contributed by atoms with Gasteiger partial charge in [-0.05, 0) is 59.9 Å². The van der Waals surface area contributed by atoms with E-state index in [1.54, 1.807) is 23.6 Å². The average molecular weight is 389 g/mol. The summed E-state index contributed by atoms with van der Waals surface area (Å²) in [4.78, 5) is 36.0. The number of hydrogen-bond donors (Lipinski definition) is 1. The Hall–Kier alpha value is -2.73. The molecule has 3 aromatic rings. The number of H-pyrrole nitrogens is 1. The Balaban J connectivity index is 1.27. The minimum absolute atomic E-state index is 0.0572. The number of aryl methyl sites for hydroxylation is 2. The van der Waals surface area contributed by atoms with Gasteiger partial charge in [0.15, 0.2) is 5.78 Å². The van der Waals surface area contributed by atoms with Crippen LogP contribution in [0.1, 0.15) is 39.2 Å². The fourth-order valence-corrected chi connectivity index (χ4v) is 6.31. The van der Waals surface area contributed by atoms with Crippen LogP contribution in [0.3, 0.4) is 0 Å². The standard InChI is InChI=1S/C22H19N3O2S/c1-12-11-28-20-16(26)7-17-22(19(12)20)8-14(22)10-25(17)18(27)5-4-13-9-24-21-15(13)3-2-6-23-21/h2-3,6-7,9,11,14H,4-5,8,10H2,1H3,(H,23,24)/t14-,22+/m0/s1. The molecule has 6 rings (SSSR count). The third kappa shape index (κ3) is 1.98. The highest BCUT2D eigenvalue weighted by atomic mass is 32.1. The van der Waals surface area contributed by atoms with E-state index in [1.165, 1.54) is 11.1 Å². The highest BCUT2D eigenvalue weighted by Gasteiger charge is 2.67. The van der Waals surface area contributed by atoms with Crippen LogP contribution in [0.25, 0.3) is 11.0 Å². The predicted molar refractivity (Wildman–Crippen MR) is 107 cm³/mol. The van der Waals surface area contributed by atoms with Gasteiger partial charge >= 0.3 is 0 Å². The molecule has 0 unspecified atom stereocenters. The number of aromatic amines is 1. The number of likely N-dealkylation sites (tertiary alicyclic amines) is 1. The third-order valence-electron chi connectivity index (χ3n) is 6.61. The van der Waals surface area contributed by atoms with Crippen molar-refractivity contribution in [2.45, 2.75) is 31.6 Å². The summed E-state index contributed by atoms with van der Waals surface area (Å²) < 4.78 is 0. The van der Waals surface area contributed by atoms with Crippen molar-refractivity contribution in [3.05, 3.63) is 63.2 Å². The quantitative estimate of drug-likeness (QED) is 0.742. The molecular weight excluding hydrogens is 370 g/mol. The zero-order valence-corrected chi connectivity index (χ0v) is 16.3. The second-order valence-corrected chi connectivity index (χ2v) is 8.99. The van der Waals surface area contributed by atoms with E-state index in [4.69, 9.17) is 0 Å². The van der Waals surface area contributed by atoms with E-state index >= 15 is 0 Å². The molecule has 1 saturated carbocycles. The van der Waals surface area contributed by atoms with Crippen LogP contribution in [0.5, 0.6) is 0 Å². The molecule has 1 aliphatic heterocycles. The molecule has 1 amide bonds. The monoisotopic (exact) mass is 389 g/mol. The number of pyridine rings is 1. The minimum atomic E-state index is -0.0757. The zero-order valence-electron chi connectivity index (χ0n) is 15.5. The van der Waals surface area contributed by atoms with Gasteiger partial charge in [-0.25, -0.2) is 4.98 Å². The maximum Gasteiger partial charge on any atom is 0.227 e. The van der Waals surface area contributed by atoms with Crippen LogP contribution >= 0.6 is 11.3 Å². The molecule has 1 N–H and O–H groups in total. The van der Waals surface area contributed by atoms with Gasteiger partial charge in [0.1, 0.15) is 5.65 Å². The maximum absolute atomic E-state index is 13.1. The average Bonchev–Trinajstić information content (AvgIpc) is 3.01. The third-order valence-corrected chi connectivity index (χ3v) is 7.73. The molecule has 0 radical (unpaired) electrons. The summed E-state index contributed by atoms with van der Waals surface area (Å²) in [7, 11) is 0. The van der Waals surface area contributed by atoms with E-state index in [-0.39, 0.29) is 17.1 Å². The molecule has 3 aromatic heterocycles. The van der Waals surface area contributed by atoms with Crippen molar-refractivity contribution in [1.29, 1.82) is 0 Å². The number of nitrogens with zero attached hydrogens (tertiary/aromatic N) is 2. The second kappa shape index (κ2) is 5.41. The van der Waals surface area contributed by atoms with Crippen LogP contribution in [0.2, 0.25) is 0 Å². The van der Waals surface area contributed by atoms with Gasteiger partial charge in [-0.3, -0.25) is 9.59 Å². The highest BCUT2D eigenvalue weighted by molar-refractivity contribution is 7.12. The molecule has 4 heterocycles. The molecule has 140 valence electrons. The van der Waals surface area contributed by atoms with Crippen LogP contribution in [0.4, 0.5) is 0 Å². The molecule has 5 nitrogen and oxygen atoms in total. The smallest absolute Gasteiger partial charge is 0.227 e. The fourth-order valence-electron chi connectivity index (χ4n) is 5.27. The number of thiophene rings is 1. The highest BCUT2D eigenvalue weighted by Crippen LogP contribution is 2.67. The number of amides is 1. The van der Waals surface area contributed by atoms with Gasteiger partial charge in [0, 0.05) is 47.9 Å². The predicted octanol–water partition coefficient (Wildman–Crippen LogP) is 3.75. The van der Waals surface area contributed by atoms with Crippen molar-refractivity contribution in [2.75, 3.05) is 6.54 Å². The molecule has 28 heavy (non-hydrogen) atoms. The first-order chi connectivity index (χ1) is 13.6. The van der Waals surface area contributed by atoms with Gasteiger partial charge in [-0.2, -0.15) is 0 Å². The number of carbonyl (C=O) groups is 2. The lowest BCUT2D eigenvalue weighted by atomic mass is 9.84. The van der Waals surface area contributed by atoms with Gasteiger partial charge in [0.05, 0.1) is 4.88 Å². The summed E-state index contributed by atoms with van der Waals surface area (Å²) in [5, 5.41) is 3.15. The molecule has 0 bridgehead atoms. The first-order valence-corrected chi connectivity index (χ1v) is 10.5. The Morgan fingerprint density at radius 1 is 1.46 bits per heavy atom. The number of rotatable bonds is 3. The van der Waals surface area contributed by atoms with Gasteiger partial charge in [-0.1, -0.05) is 0 Å². The molecule has 2 atom stereocenters. The van der Waals surface area contributed by atoms with E-state index in [2.05, 4.69) is 22.3 Å². The van der Waals surface area contributed by atoms with Crippen LogP contribution in [-0.2, 0) is 16.6 Å². The maximum atomic E-state index is 13.1. The van der Waals surface area contributed by atoms with E-state index in [1.807, 2.05) is 23.2 Å². The van der Waals surface area contributed by atoms with Crippen LogP contribution in [-0.4, -0.2) is 33.1 Å². The first kappa shape index (κ1) is 16.2. The fraction of sp³-hybridized carbons (Fsp3) is 0.318. The molecular formula is C22H19N3O2S. The largest absolute Gasteiger partial charge is 0.346 e. The number of aromatic nitrogens is 2. The Morgan fingerprint density at radius 3 is 3.25 bits per heavy atom. The van der Waals surface area contributed by atoms with Crippen molar-refractivity contribution in [3.8, 4) is 0 Å². The summed E-state index contributed by atoms with van der Waals surface area (Å²) in [5.41, 5.74) is 5.23. The number of allylic oxidation sites excluding steroid dienone is 2. The van der Waals surface area contributed by atoms with Crippen LogP contribution in [0.15, 0.2) is 41.7 Å². The summed E-state index contributed by atoms with van der Waals surface area (Å²) in [5.74, 6) is 0.627. The van der Waals surface area contributed by atoms with Crippen LogP contribution < -0.4 is 0 Å². The van der Waals surface area contributed by atoms with E-state index in [9.17, 15) is 9.59 Å². The number of carbonyl (C=O) groups excluding carboxylic acids is 2. The lowest BCUT2D eigenvalue weighted by molar-refractivity contribution is -0.129. The molecule has 1 saturated heterocycles. The van der Waals surface area contributed by atoms with E-state index in [0.29, 0.717) is 18.8 Å². The van der Waals surface area contributed by atoms with Crippen LogP contribution in [0, 0.1) is 12.8 Å². The van der Waals surface area contributed by atoms with Crippen molar-refractivity contribution in [3.63, 3.8) is 0 Å². The minimum Gasteiger partial charge on any atom is -0.346 e. The molecule has 2 aliphatic carbocycles. The normalized spacial score (nSPS) is 24.8. The molecule has 0 aromatic carbocycles. The van der Waals surface area contributed by atoms with Gasteiger partial charge < -0.3 is 9.88 Å². The van der Waals surface area contributed by atoms with E-state index < -0.39 is 0 Å². The number of nitrogens with one attached hydrogen (secondary N) is 1. The number of fused-ring (bicyclic) bond motifs is 2. The summed E-state index contributed by atoms with van der Waals surface area (Å²) >= 11 is 1.55. The summed E-state index contributed by atoms with van der Waals surface area (Å²) in [6.45, 7) is 2.83. The van der Waals surface area contributed by atoms with Gasteiger partial charge in [0.25, 0.3) is 0 Å².